The van der Waals surface area contributed by atoms with Gasteiger partial charge >= 0.3 is 0 Å². The SMILES string of the molecule is CC(CNC(=O)[C@@H]1COc2ccccc2O1)(c1ccccc1)c1ccccc1. The van der Waals surface area contributed by atoms with Gasteiger partial charge in [-0.3, -0.25) is 4.79 Å². The van der Waals surface area contributed by atoms with E-state index in [1.807, 2.05) is 60.7 Å². The summed E-state index contributed by atoms with van der Waals surface area (Å²) in [4.78, 5) is 12.8. The van der Waals surface area contributed by atoms with Crippen LogP contribution in [-0.4, -0.2) is 25.2 Å². The molecule has 0 fully saturated rings. The van der Waals surface area contributed by atoms with Crippen molar-refractivity contribution in [2.24, 2.45) is 0 Å². The summed E-state index contributed by atoms with van der Waals surface area (Å²) in [6.07, 6.45) is -0.661. The first-order valence-corrected chi connectivity index (χ1v) is 9.44. The van der Waals surface area contributed by atoms with E-state index in [1.165, 1.54) is 0 Å². The highest BCUT2D eigenvalue weighted by molar-refractivity contribution is 5.82. The van der Waals surface area contributed by atoms with Gasteiger partial charge in [-0.25, -0.2) is 0 Å². The van der Waals surface area contributed by atoms with E-state index in [0.717, 1.165) is 11.1 Å². The summed E-state index contributed by atoms with van der Waals surface area (Å²) in [6.45, 7) is 2.81. The van der Waals surface area contributed by atoms with Crippen LogP contribution in [0.2, 0.25) is 0 Å². The standard InChI is InChI=1S/C24H23NO3/c1-24(18-10-4-2-5-11-18,19-12-6-3-7-13-19)17-25-23(26)22-16-27-20-14-8-9-15-21(20)28-22/h2-15,22H,16-17H2,1H3,(H,25,26)/t22-/m0/s1. The molecule has 0 radical (unpaired) electrons. The molecule has 4 rings (SSSR count). The minimum atomic E-state index is -0.661. The minimum absolute atomic E-state index is 0.174. The number of ether oxygens (including phenoxy) is 2. The van der Waals surface area contributed by atoms with E-state index in [9.17, 15) is 4.79 Å². The van der Waals surface area contributed by atoms with Crippen molar-refractivity contribution in [2.45, 2.75) is 18.4 Å². The first kappa shape index (κ1) is 18.1. The second kappa shape index (κ2) is 7.77. The number of hydrogen-bond donors (Lipinski definition) is 1. The van der Waals surface area contributed by atoms with Crippen molar-refractivity contribution in [3.8, 4) is 11.5 Å². The lowest BCUT2D eigenvalue weighted by Gasteiger charge is -2.32. The molecule has 1 amide bonds. The molecule has 0 bridgehead atoms. The number of fused-ring (bicyclic) bond motifs is 1. The van der Waals surface area contributed by atoms with Crippen LogP contribution in [0.4, 0.5) is 0 Å². The van der Waals surface area contributed by atoms with Crippen LogP contribution in [0.3, 0.4) is 0 Å². The maximum absolute atomic E-state index is 12.8. The largest absolute Gasteiger partial charge is 0.485 e. The summed E-state index contributed by atoms with van der Waals surface area (Å²) in [5.74, 6) is 1.10. The quantitative estimate of drug-likeness (QED) is 0.737. The van der Waals surface area contributed by atoms with Gasteiger partial charge in [0.15, 0.2) is 11.5 Å². The van der Waals surface area contributed by atoms with Gasteiger partial charge < -0.3 is 14.8 Å². The van der Waals surface area contributed by atoms with E-state index in [1.54, 1.807) is 0 Å². The Morgan fingerprint density at radius 2 is 1.43 bits per heavy atom. The van der Waals surface area contributed by atoms with Crippen molar-refractivity contribution in [1.29, 1.82) is 0 Å². The van der Waals surface area contributed by atoms with Gasteiger partial charge in [0.2, 0.25) is 6.10 Å². The number of para-hydroxylation sites is 2. The monoisotopic (exact) mass is 373 g/mol. The Balaban J connectivity index is 1.52. The molecule has 3 aromatic carbocycles. The van der Waals surface area contributed by atoms with E-state index in [2.05, 4.69) is 36.5 Å². The zero-order valence-electron chi connectivity index (χ0n) is 15.8. The molecule has 4 heteroatoms. The molecule has 0 aromatic heterocycles. The predicted octanol–water partition coefficient (Wildman–Crippen LogP) is 3.95. The smallest absolute Gasteiger partial charge is 0.264 e. The van der Waals surface area contributed by atoms with Gasteiger partial charge in [0.1, 0.15) is 6.61 Å². The first-order chi connectivity index (χ1) is 13.7. The summed E-state index contributed by atoms with van der Waals surface area (Å²) in [7, 11) is 0. The van der Waals surface area contributed by atoms with Crippen molar-refractivity contribution in [1.82, 2.24) is 5.32 Å². The fraction of sp³-hybridized carbons (Fsp3) is 0.208. The topological polar surface area (TPSA) is 47.6 Å². The van der Waals surface area contributed by atoms with Crippen molar-refractivity contribution >= 4 is 5.91 Å². The van der Waals surface area contributed by atoms with Gasteiger partial charge in [-0.2, -0.15) is 0 Å². The van der Waals surface area contributed by atoms with Crippen LogP contribution in [0.15, 0.2) is 84.9 Å². The lowest BCUT2D eigenvalue weighted by molar-refractivity contribution is -0.130. The Morgan fingerprint density at radius 3 is 2.04 bits per heavy atom. The summed E-state index contributed by atoms with van der Waals surface area (Å²) in [5, 5.41) is 3.08. The Labute approximate surface area is 165 Å². The average molecular weight is 373 g/mol. The van der Waals surface area contributed by atoms with Gasteiger partial charge in [-0.05, 0) is 30.2 Å². The summed E-state index contributed by atoms with van der Waals surface area (Å²) in [6, 6.07) is 27.9. The molecule has 1 atom stereocenters. The second-order valence-corrected chi connectivity index (χ2v) is 7.15. The molecule has 1 N–H and O–H groups in total. The van der Waals surface area contributed by atoms with Gasteiger partial charge in [-0.1, -0.05) is 72.8 Å². The number of benzene rings is 3. The van der Waals surface area contributed by atoms with E-state index >= 15 is 0 Å². The fourth-order valence-corrected chi connectivity index (χ4v) is 3.51. The Bertz CT molecular complexity index is 901. The number of hydrogen-bond acceptors (Lipinski definition) is 3. The van der Waals surface area contributed by atoms with Crippen molar-refractivity contribution in [2.75, 3.05) is 13.2 Å². The number of amides is 1. The molecule has 0 saturated carbocycles. The normalized spacial score (nSPS) is 15.7. The molecule has 0 aliphatic carbocycles. The van der Waals surface area contributed by atoms with Gasteiger partial charge in [0.05, 0.1) is 0 Å². The average Bonchev–Trinajstić information content (AvgIpc) is 2.78. The van der Waals surface area contributed by atoms with Crippen LogP contribution in [0.1, 0.15) is 18.1 Å². The molecule has 142 valence electrons. The van der Waals surface area contributed by atoms with E-state index < -0.39 is 6.10 Å². The molecule has 0 saturated heterocycles. The molecule has 28 heavy (non-hydrogen) atoms. The lowest BCUT2D eigenvalue weighted by Crippen LogP contribution is -2.48. The number of rotatable bonds is 5. The van der Waals surface area contributed by atoms with E-state index in [4.69, 9.17) is 9.47 Å². The maximum Gasteiger partial charge on any atom is 0.264 e. The van der Waals surface area contributed by atoms with Crippen LogP contribution in [-0.2, 0) is 10.2 Å². The van der Waals surface area contributed by atoms with Crippen LogP contribution >= 0.6 is 0 Å². The summed E-state index contributed by atoms with van der Waals surface area (Å²) in [5.41, 5.74) is 1.94. The summed E-state index contributed by atoms with van der Waals surface area (Å²) >= 11 is 0. The van der Waals surface area contributed by atoms with Gasteiger partial charge in [0.25, 0.3) is 5.91 Å². The van der Waals surface area contributed by atoms with E-state index in [0.29, 0.717) is 18.0 Å². The maximum atomic E-state index is 12.8. The first-order valence-electron chi connectivity index (χ1n) is 9.44. The molecule has 1 aliphatic heterocycles. The highest BCUT2D eigenvalue weighted by Crippen LogP contribution is 2.32. The van der Waals surface area contributed by atoms with E-state index in [-0.39, 0.29) is 17.9 Å². The third-order valence-corrected chi connectivity index (χ3v) is 5.24. The fourth-order valence-electron chi connectivity index (χ4n) is 3.51. The van der Waals surface area contributed by atoms with Gasteiger partial charge in [-0.15, -0.1) is 0 Å². The zero-order chi connectivity index (χ0) is 19.4. The van der Waals surface area contributed by atoms with Crippen LogP contribution in [0.25, 0.3) is 0 Å². The molecule has 1 heterocycles. The molecule has 4 nitrogen and oxygen atoms in total. The third kappa shape index (κ3) is 3.58. The minimum Gasteiger partial charge on any atom is -0.485 e. The predicted molar refractivity (Wildman–Crippen MR) is 109 cm³/mol. The zero-order valence-corrected chi connectivity index (χ0v) is 15.8. The van der Waals surface area contributed by atoms with Gasteiger partial charge in [0, 0.05) is 12.0 Å². The molecule has 3 aromatic rings. The highest BCUT2D eigenvalue weighted by Gasteiger charge is 2.32. The number of nitrogens with one attached hydrogen (secondary N) is 1. The van der Waals surface area contributed by atoms with Crippen LogP contribution in [0.5, 0.6) is 11.5 Å². The van der Waals surface area contributed by atoms with Crippen LogP contribution in [0, 0.1) is 0 Å². The Morgan fingerprint density at radius 1 is 0.893 bits per heavy atom. The molecule has 0 unspecified atom stereocenters. The Kier molecular flexibility index (Phi) is 5.02. The van der Waals surface area contributed by atoms with Crippen LogP contribution < -0.4 is 14.8 Å². The second-order valence-electron chi connectivity index (χ2n) is 7.15. The molecule has 0 spiro atoms. The highest BCUT2D eigenvalue weighted by atomic mass is 16.6. The van der Waals surface area contributed by atoms with Crippen molar-refractivity contribution in [3.05, 3.63) is 96.1 Å². The molecule has 1 aliphatic rings. The Hall–Kier alpha value is -3.27. The van der Waals surface area contributed by atoms with Crippen molar-refractivity contribution in [3.63, 3.8) is 0 Å². The molecular weight excluding hydrogens is 350 g/mol. The van der Waals surface area contributed by atoms with Crippen molar-refractivity contribution < 1.29 is 14.3 Å². The molecular formula is C24H23NO3. The number of carbonyl (C=O) groups excluding carboxylic acids is 1. The third-order valence-electron chi connectivity index (χ3n) is 5.24. The summed E-state index contributed by atoms with van der Waals surface area (Å²) < 4.78 is 11.5. The number of carbonyl (C=O) groups is 1. The lowest BCUT2D eigenvalue weighted by atomic mass is 9.76.